The molecular weight excluding hydrogens is 427 g/mol. The summed E-state index contributed by atoms with van der Waals surface area (Å²) in [6.45, 7) is 1.81. The van der Waals surface area contributed by atoms with E-state index in [1.807, 2.05) is 30.3 Å². The molecule has 1 amide bonds. The lowest BCUT2D eigenvalue weighted by Gasteiger charge is -2.11. The second-order valence-corrected chi connectivity index (χ2v) is 9.70. The Kier molecular flexibility index (Phi) is 5.39. The molecule has 0 unspecified atom stereocenters. The van der Waals surface area contributed by atoms with E-state index >= 15 is 0 Å². The standard InChI is InChI=1S/C20H19FN4O3S2/c1-2-22-30(27,28)14-8-9-16(21)15(12-14)17(26)23-19-25-24-18(29-19)20(10-11-20)13-6-4-3-5-7-13/h3-9,12,22H,2,10-11H2,1H3,(H,23,25,26). The van der Waals surface area contributed by atoms with Crippen LogP contribution in [0.5, 0.6) is 0 Å². The number of nitrogens with zero attached hydrogens (tertiary/aromatic N) is 2. The molecule has 156 valence electrons. The second-order valence-electron chi connectivity index (χ2n) is 6.96. The van der Waals surface area contributed by atoms with Crippen LogP contribution in [0.15, 0.2) is 53.4 Å². The molecule has 0 radical (unpaired) electrons. The van der Waals surface area contributed by atoms with Gasteiger partial charge in [0.15, 0.2) is 0 Å². The van der Waals surface area contributed by atoms with Crippen LogP contribution < -0.4 is 10.0 Å². The lowest BCUT2D eigenvalue weighted by molar-refractivity contribution is 0.102. The van der Waals surface area contributed by atoms with Gasteiger partial charge in [0.25, 0.3) is 5.91 Å². The van der Waals surface area contributed by atoms with E-state index in [1.54, 1.807) is 6.92 Å². The maximum absolute atomic E-state index is 14.2. The van der Waals surface area contributed by atoms with Crippen molar-refractivity contribution in [2.75, 3.05) is 11.9 Å². The molecule has 1 aliphatic rings. The average molecular weight is 447 g/mol. The predicted octanol–water partition coefficient (Wildman–Crippen LogP) is 3.31. The first-order valence-corrected chi connectivity index (χ1v) is 11.7. The van der Waals surface area contributed by atoms with Crippen molar-refractivity contribution >= 4 is 32.4 Å². The fourth-order valence-electron chi connectivity index (χ4n) is 3.26. The largest absolute Gasteiger partial charge is 0.296 e. The molecule has 4 rings (SSSR count). The molecule has 3 aromatic rings. The highest BCUT2D eigenvalue weighted by Crippen LogP contribution is 2.54. The van der Waals surface area contributed by atoms with Gasteiger partial charge in [-0.2, -0.15) is 0 Å². The van der Waals surface area contributed by atoms with Gasteiger partial charge in [-0.05, 0) is 36.6 Å². The third-order valence-corrected chi connectivity index (χ3v) is 7.54. The van der Waals surface area contributed by atoms with Gasteiger partial charge in [0.05, 0.1) is 10.5 Å². The SMILES string of the molecule is CCNS(=O)(=O)c1ccc(F)c(C(=O)Nc2nnc(C3(c4ccccc4)CC3)s2)c1. The number of benzene rings is 2. The van der Waals surface area contributed by atoms with Gasteiger partial charge < -0.3 is 0 Å². The Morgan fingerprint density at radius 3 is 2.57 bits per heavy atom. The van der Waals surface area contributed by atoms with E-state index in [2.05, 4.69) is 20.2 Å². The Labute approximate surface area is 177 Å². The minimum Gasteiger partial charge on any atom is -0.296 e. The summed E-state index contributed by atoms with van der Waals surface area (Å²) in [6, 6.07) is 13.0. The Hall–Kier alpha value is -2.69. The van der Waals surface area contributed by atoms with Gasteiger partial charge in [0.1, 0.15) is 10.8 Å². The van der Waals surface area contributed by atoms with Crippen molar-refractivity contribution in [1.82, 2.24) is 14.9 Å². The van der Waals surface area contributed by atoms with Crippen LogP contribution in [0, 0.1) is 5.82 Å². The van der Waals surface area contributed by atoms with Crippen LogP contribution in [0.25, 0.3) is 0 Å². The van der Waals surface area contributed by atoms with Crippen molar-refractivity contribution in [1.29, 1.82) is 0 Å². The number of rotatable bonds is 7. The molecule has 1 aromatic heterocycles. The first-order valence-electron chi connectivity index (χ1n) is 9.36. The predicted molar refractivity (Wildman–Crippen MR) is 112 cm³/mol. The van der Waals surface area contributed by atoms with Gasteiger partial charge >= 0.3 is 0 Å². The second kappa shape index (κ2) is 7.86. The van der Waals surface area contributed by atoms with Gasteiger partial charge in [-0.25, -0.2) is 17.5 Å². The van der Waals surface area contributed by atoms with Crippen LogP contribution in [0.4, 0.5) is 9.52 Å². The number of aromatic nitrogens is 2. The summed E-state index contributed by atoms with van der Waals surface area (Å²) in [5.74, 6) is -1.61. The van der Waals surface area contributed by atoms with Gasteiger partial charge in [0, 0.05) is 12.0 Å². The number of anilines is 1. The molecule has 2 aromatic carbocycles. The number of hydrogen-bond acceptors (Lipinski definition) is 6. The monoisotopic (exact) mass is 446 g/mol. The van der Waals surface area contributed by atoms with Gasteiger partial charge in [-0.1, -0.05) is 48.6 Å². The number of carbonyl (C=O) groups excluding carboxylic acids is 1. The van der Waals surface area contributed by atoms with Crippen molar-refractivity contribution < 1.29 is 17.6 Å². The molecule has 0 aliphatic heterocycles. The van der Waals surface area contributed by atoms with E-state index in [0.717, 1.165) is 41.6 Å². The third kappa shape index (κ3) is 3.85. The van der Waals surface area contributed by atoms with Crippen LogP contribution in [-0.2, 0) is 15.4 Å². The van der Waals surface area contributed by atoms with Crippen LogP contribution in [0.1, 0.15) is 40.7 Å². The van der Waals surface area contributed by atoms with E-state index in [9.17, 15) is 17.6 Å². The van der Waals surface area contributed by atoms with Crippen LogP contribution in [0.3, 0.4) is 0 Å². The van der Waals surface area contributed by atoms with Gasteiger partial charge in [-0.3, -0.25) is 10.1 Å². The van der Waals surface area contributed by atoms with E-state index in [4.69, 9.17) is 0 Å². The fourth-order valence-corrected chi connectivity index (χ4v) is 5.33. The maximum atomic E-state index is 14.2. The number of amides is 1. The van der Waals surface area contributed by atoms with E-state index in [1.165, 1.54) is 11.3 Å². The molecule has 30 heavy (non-hydrogen) atoms. The molecule has 2 N–H and O–H groups in total. The minimum atomic E-state index is -3.82. The quantitative estimate of drug-likeness (QED) is 0.580. The highest BCUT2D eigenvalue weighted by molar-refractivity contribution is 7.89. The van der Waals surface area contributed by atoms with Crippen molar-refractivity contribution in [2.45, 2.75) is 30.1 Å². The van der Waals surface area contributed by atoms with E-state index < -0.39 is 21.7 Å². The number of hydrogen-bond donors (Lipinski definition) is 2. The molecule has 0 spiro atoms. The van der Waals surface area contributed by atoms with Gasteiger partial charge in [0.2, 0.25) is 15.2 Å². The Morgan fingerprint density at radius 2 is 1.90 bits per heavy atom. The fraction of sp³-hybridized carbons (Fsp3) is 0.250. The van der Waals surface area contributed by atoms with Crippen LogP contribution in [0.2, 0.25) is 0 Å². The smallest absolute Gasteiger partial charge is 0.260 e. The summed E-state index contributed by atoms with van der Waals surface area (Å²) in [7, 11) is -3.82. The zero-order chi connectivity index (χ0) is 21.4. The summed E-state index contributed by atoms with van der Waals surface area (Å²) < 4.78 is 40.8. The normalized spacial score (nSPS) is 15.0. The minimum absolute atomic E-state index is 0.179. The molecule has 0 saturated heterocycles. The van der Waals surface area contributed by atoms with Crippen LogP contribution in [-0.4, -0.2) is 31.1 Å². The Bertz CT molecular complexity index is 1190. The molecule has 1 fully saturated rings. The molecule has 1 heterocycles. The highest BCUT2D eigenvalue weighted by atomic mass is 32.2. The Balaban J connectivity index is 1.56. The summed E-state index contributed by atoms with van der Waals surface area (Å²) in [5, 5.41) is 11.8. The summed E-state index contributed by atoms with van der Waals surface area (Å²) in [4.78, 5) is 12.4. The summed E-state index contributed by atoms with van der Waals surface area (Å²) in [5.41, 5.74) is 0.578. The highest BCUT2D eigenvalue weighted by Gasteiger charge is 2.48. The molecule has 7 nitrogen and oxygen atoms in total. The molecular formula is C20H19FN4O3S2. The lowest BCUT2D eigenvalue weighted by Crippen LogP contribution is -2.24. The molecule has 10 heteroatoms. The van der Waals surface area contributed by atoms with E-state index in [0.29, 0.717) is 0 Å². The number of sulfonamides is 1. The molecule has 0 bridgehead atoms. The van der Waals surface area contributed by atoms with Crippen LogP contribution >= 0.6 is 11.3 Å². The summed E-state index contributed by atoms with van der Waals surface area (Å²) in [6.07, 6.45) is 1.89. The zero-order valence-electron chi connectivity index (χ0n) is 16.1. The molecule has 1 saturated carbocycles. The first kappa shape index (κ1) is 20.6. The first-order chi connectivity index (χ1) is 14.4. The van der Waals surface area contributed by atoms with Crippen molar-refractivity contribution in [3.05, 3.63) is 70.5 Å². The zero-order valence-corrected chi connectivity index (χ0v) is 17.7. The van der Waals surface area contributed by atoms with Crippen molar-refractivity contribution in [2.24, 2.45) is 0 Å². The summed E-state index contributed by atoms with van der Waals surface area (Å²) >= 11 is 1.24. The molecule has 0 atom stereocenters. The molecule has 1 aliphatic carbocycles. The van der Waals surface area contributed by atoms with Crippen molar-refractivity contribution in [3.63, 3.8) is 0 Å². The van der Waals surface area contributed by atoms with Gasteiger partial charge in [-0.15, -0.1) is 10.2 Å². The Morgan fingerprint density at radius 1 is 1.17 bits per heavy atom. The topological polar surface area (TPSA) is 101 Å². The average Bonchev–Trinajstić information content (AvgIpc) is 3.41. The lowest BCUT2D eigenvalue weighted by atomic mass is 9.97. The van der Waals surface area contributed by atoms with E-state index in [-0.39, 0.29) is 27.6 Å². The number of nitrogens with one attached hydrogen (secondary N) is 2. The number of carbonyl (C=O) groups is 1. The van der Waals surface area contributed by atoms with Crippen molar-refractivity contribution in [3.8, 4) is 0 Å². The number of halogens is 1. The maximum Gasteiger partial charge on any atom is 0.260 e. The third-order valence-electron chi connectivity index (χ3n) is 4.96.